The van der Waals surface area contributed by atoms with Gasteiger partial charge in [-0.3, -0.25) is 9.59 Å². The van der Waals surface area contributed by atoms with Crippen molar-refractivity contribution in [2.45, 2.75) is 20.4 Å². The van der Waals surface area contributed by atoms with Crippen LogP contribution in [0.25, 0.3) is 0 Å². The Labute approximate surface area is 119 Å². The molecule has 2 aromatic rings. The maximum absolute atomic E-state index is 12.0. The number of nitrogens with zero attached hydrogens (tertiary/aromatic N) is 1. The van der Waals surface area contributed by atoms with E-state index in [1.807, 2.05) is 13.8 Å². The largest absolute Gasteiger partial charge is 0.320 e. The van der Waals surface area contributed by atoms with Crippen LogP contribution in [0.15, 0.2) is 29.2 Å². The van der Waals surface area contributed by atoms with Crippen LogP contribution < -0.4 is 10.9 Å². The van der Waals surface area contributed by atoms with E-state index in [1.54, 1.807) is 18.3 Å². The molecule has 0 radical (unpaired) electrons. The highest BCUT2D eigenvalue weighted by Crippen LogP contribution is 2.26. The van der Waals surface area contributed by atoms with Crippen LogP contribution in [0.3, 0.4) is 0 Å². The number of amides is 1. The molecule has 0 aliphatic rings. The number of aryl methyl sites for hydroxylation is 2. The number of pyridine rings is 1. The smallest absolute Gasteiger partial charge is 0.265 e. The van der Waals surface area contributed by atoms with Crippen LogP contribution in [0, 0.1) is 6.92 Å². The molecule has 0 atom stereocenters. The third-order valence-electron chi connectivity index (χ3n) is 2.66. The number of rotatable bonds is 3. The van der Waals surface area contributed by atoms with Gasteiger partial charge in [-0.1, -0.05) is 11.6 Å². The molecule has 2 heterocycles. The zero-order valence-electron chi connectivity index (χ0n) is 10.6. The molecule has 0 bridgehead atoms. The van der Waals surface area contributed by atoms with Gasteiger partial charge in [0.25, 0.3) is 11.5 Å². The van der Waals surface area contributed by atoms with Crippen molar-refractivity contribution in [3.05, 3.63) is 49.5 Å². The highest BCUT2D eigenvalue weighted by Gasteiger charge is 2.11. The van der Waals surface area contributed by atoms with Gasteiger partial charge in [0.1, 0.15) is 0 Å². The Balaban J connectivity index is 2.21. The number of anilines is 1. The van der Waals surface area contributed by atoms with Crippen molar-refractivity contribution in [2.75, 3.05) is 5.32 Å². The number of aromatic nitrogens is 1. The summed E-state index contributed by atoms with van der Waals surface area (Å²) in [5.74, 6) is -0.221. The Hall–Kier alpha value is -1.59. The standard InChI is InChI=1S/C13H13ClN2O2S/c1-3-16-7-9(4-5-12(16)17)15-13(18)11-6-10(14)8(2)19-11/h4-7H,3H2,1-2H3,(H,15,18). The summed E-state index contributed by atoms with van der Waals surface area (Å²) >= 11 is 7.27. The van der Waals surface area contributed by atoms with Crippen LogP contribution in [0.4, 0.5) is 5.69 Å². The highest BCUT2D eigenvalue weighted by molar-refractivity contribution is 7.14. The molecule has 4 nitrogen and oxygen atoms in total. The van der Waals surface area contributed by atoms with Crippen molar-refractivity contribution < 1.29 is 4.79 Å². The highest BCUT2D eigenvalue weighted by atomic mass is 35.5. The summed E-state index contributed by atoms with van der Waals surface area (Å²) in [6.07, 6.45) is 1.63. The van der Waals surface area contributed by atoms with Crippen molar-refractivity contribution in [1.82, 2.24) is 4.57 Å². The number of thiophene rings is 1. The molecule has 0 aliphatic carbocycles. The fourth-order valence-corrected chi connectivity index (χ4v) is 2.71. The Morgan fingerprint density at radius 1 is 1.47 bits per heavy atom. The fraction of sp³-hybridized carbons (Fsp3) is 0.231. The van der Waals surface area contributed by atoms with Crippen molar-refractivity contribution in [1.29, 1.82) is 0 Å². The zero-order valence-corrected chi connectivity index (χ0v) is 12.1. The lowest BCUT2D eigenvalue weighted by atomic mass is 10.3. The lowest BCUT2D eigenvalue weighted by Crippen LogP contribution is -2.19. The molecule has 0 fully saturated rings. The van der Waals surface area contributed by atoms with E-state index in [1.165, 1.54) is 22.0 Å². The van der Waals surface area contributed by atoms with Gasteiger partial charge < -0.3 is 9.88 Å². The number of hydrogen-bond donors (Lipinski definition) is 1. The normalized spacial score (nSPS) is 10.5. The van der Waals surface area contributed by atoms with E-state index in [0.29, 0.717) is 22.1 Å². The van der Waals surface area contributed by atoms with Gasteiger partial charge in [0.15, 0.2) is 0 Å². The fourth-order valence-electron chi connectivity index (χ4n) is 1.62. The maximum atomic E-state index is 12.0. The first-order valence-electron chi connectivity index (χ1n) is 5.79. The molecule has 1 N–H and O–H groups in total. The SMILES string of the molecule is CCn1cc(NC(=O)c2cc(Cl)c(C)s2)ccc1=O. The van der Waals surface area contributed by atoms with E-state index in [2.05, 4.69) is 5.32 Å². The Morgan fingerprint density at radius 3 is 2.79 bits per heavy atom. The third-order valence-corrected chi connectivity index (χ3v) is 4.22. The van der Waals surface area contributed by atoms with Crippen molar-refractivity contribution in [3.63, 3.8) is 0 Å². The first kappa shape index (κ1) is 13.8. The summed E-state index contributed by atoms with van der Waals surface area (Å²) in [5.41, 5.74) is 0.504. The molecular formula is C13H13ClN2O2S. The number of carbonyl (C=O) groups excluding carboxylic acids is 1. The van der Waals surface area contributed by atoms with Crippen molar-refractivity contribution in [2.24, 2.45) is 0 Å². The first-order chi connectivity index (χ1) is 9.01. The number of hydrogen-bond acceptors (Lipinski definition) is 3. The van der Waals surface area contributed by atoms with Crippen molar-refractivity contribution in [3.8, 4) is 0 Å². The van der Waals surface area contributed by atoms with Gasteiger partial charge in [0.2, 0.25) is 0 Å². The number of halogens is 1. The summed E-state index contributed by atoms with van der Waals surface area (Å²) in [5, 5.41) is 3.35. The first-order valence-corrected chi connectivity index (χ1v) is 6.98. The Kier molecular flexibility index (Phi) is 4.07. The maximum Gasteiger partial charge on any atom is 0.265 e. The van der Waals surface area contributed by atoms with E-state index in [9.17, 15) is 9.59 Å². The second-order valence-electron chi connectivity index (χ2n) is 4.01. The Morgan fingerprint density at radius 2 is 2.21 bits per heavy atom. The quantitative estimate of drug-likeness (QED) is 0.946. The minimum absolute atomic E-state index is 0.0875. The molecule has 1 amide bonds. The molecule has 0 aromatic carbocycles. The summed E-state index contributed by atoms with van der Waals surface area (Å²) in [6.45, 7) is 4.29. The minimum atomic E-state index is -0.221. The second-order valence-corrected chi connectivity index (χ2v) is 5.67. The number of carbonyl (C=O) groups is 1. The average Bonchev–Trinajstić information content (AvgIpc) is 2.72. The van der Waals surface area contributed by atoms with Gasteiger partial charge in [0, 0.05) is 23.7 Å². The van der Waals surface area contributed by atoms with E-state index in [-0.39, 0.29) is 11.5 Å². The third kappa shape index (κ3) is 3.05. The summed E-state index contributed by atoms with van der Waals surface area (Å²) in [7, 11) is 0. The lowest BCUT2D eigenvalue weighted by molar-refractivity contribution is 0.103. The molecule has 0 spiro atoms. The molecule has 0 aliphatic heterocycles. The molecule has 100 valence electrons. The molecule has 2 aromatic heterocycles. The molecular weight excluding hydrogens is 284 g/mol. The molecule has 0 saturated heterocycles. The molecule has 2 rings (SSSR count). The van der Waals surface area contributed by atoms with E-state index in [4.69, 9.17) is 11.6 Å². The van der Waals surface area contributed by atoms with Crippen LogP contribution in [-0.2, 0) is 6.54 Å². The average molecular weight is 297 g/mol. The monoisotopic (exact) mass is 296 g/mol. The summed E-state index contributed by atoms with van der Waals surface area (Å²) in [4.78, 5) is 24.9. The van der Waals surface area contributed by atoms with Gasteiger partial charge in [-0.2, -0.15) is 0 Å². The second kappa shape index (κ2) is 5.59. The Bertz CT molecular complexity index is 656. The van der Waals surface area contributed by atoms with Crippen LogP contribution in [0.2, 0.25) is 5.02 Å². The van der Waals surface area contributed by atoms with Crippen LogP contribution in [-0.4, -0.2) is 10.5 Å². The van der Waals surface area contributed by atoms with Gasteiger partial charge in [-0.15, -0.1) is 11.3 Å². The van der Waals surface area contributed by atoms with Gasteiger partial charge in [0.05, 0.1) is 15.6 Å². The van der Waals surface area contributed by atoms with Gasteiger partial charge in [-0.05, 0) is 26.0 Å². The van der Waals surface area contributed by atoms with Gasteiger partial charge >= 0.3 is 0 Å². The van der Waals surface area contributed by atoms with Gasteiger partial charge in [-0.25, -0.2) is 0 Å². The molecule has 6 heteroatoms. The van der Waals surface area contributed by atoms with E-state index >= 15 is 0 Å². The van der Waals surface area contributed by atoms with Crippen LogP contribution in [0.5, 0.6) is 0 Å². The van der Waals surface area contributed by atoms with E-state index in [0.717, 1.165) is 4.88 Å². The van der Waals surface area contributed by atoms with Crippen molar-refractivity contribution >= 4 is 34.5 Å². The predicted molar refractivity (Wildman–Crippen MR) is 78.4 cm³/mol. The molecule has 0 saturated carbocycles. The van der Waals surface area contributed by atoms with Crippen LogP contribution in [0.1, 0.15) is 21.5 Å². The molecule has 0 unspecified atom stereocenters. The minimum Gasteiger partial charge on any atom is -0.320 e. The lowest BCUT2D eigenvalue weighted by Gasteiger charge is -2.06. The van der Waals surface area contributed by atoms with Crippen LogP contribution >= 0.6 is 22.9 Å². The molecule has 19 heavy (non-hydrogen) atoms. The summed E-state index contributed by atoms with van der Waals surface area (Å²) < 4.78 is 1.53. The summed E-state index contributed by atoms with van der Waals surface area (Å²) in [6, 6.07) is 4.67. The topological polar surface area (TPSA) is 51.1 Å². The van der Waals surface area contributed by atoms with E-state index < -0.39 is 0 Å². The zero-order chi connectivity index (χ0) is 14.0. The number of nitrogens with one attached hydrogen (secondary N) is 1. The predicted octanol–water partition coefficient (Wildman–Crippen LogP) is 3.14.